The lowest BCUT2D eigenvalue weighted by atomic mass is 9.89. The molecule has 2 heterocycles. The summed E-state index contributed by atoms with van der Waals surface area (Å²) in [5.74, 6) is -1.79. The number of fused-ring (bicyclic) bond motifs is 3. The second-order valence-electron chi connectivity index (χ2n) is 7.32. The number of aromatic nitrogens is 2. The molecule has 1 unspecified atom stereocenters. The maximum Gasteiger partial charge on any atom is 0.263 e. The fourth-order valence-electron chi connectivity index (χ4n) is 3.68. The van der Waals surface area contributed by atoms with Crippen molar-refractivity contribution in [2.24, 2.45) is 5.92 Å². The molecule has 0 saturated heterocycles. The zero-order chi connectivity index (χ0) is 20.7. The highest BCUT2D eigenvalue weighted by atomic mass is 32.2. The molecule has 1 aliphatic carbocycles. The minimum atomic E-state index is -1.05. The van der Waals surface area contributed by atoms with E-state index in [2.05, 4.69) is 6.92 Å². The Labute approximate surface area is 175 Å². The summed E-state index contributed by atoms with van der Waals surface area (Å²) in [5, 5.41) is 1.20. The van der Waals surface area contributed by atoms with Crippen molar-refractivity contribution in [1.29, 1.82) is 0 Å². The molecule has 0 amide bonds. The molecule has 0 N–H and O–H groups in total. The summed E-state index contributed by atoms with van der Waals surface area (Å²) in [6.45, 7) is 4.54. The Morgan fingerprint density at radius 1 is 1.34 bits per heavy atom. The lowest BCUT2D eigenvalue weighted by Gasteiger charge is -2.17. The van der Waals surface area contributed by atoms with Crippen LogP contribution in [0.1, 0.15) is 41.1 Å². The topological polar surface area (TPSA) is 52.0 Å². The van der Waals surface area contributed by atoms with Crippen LogP contribution in [-0.2, 0) is 19.4 Å². The molecule has 0 aliphatic heterocycles. The maximum absolute atomic E-state index is 13.4. The molecular formula is C21H20F2N2O2S2. The summed E-state index contributed by atoms with van der Waals surface area (Å²) in [7, 11) is 0. The van der Waals surface area contributed by atoms with Gasteiger partial charge in [0.2, 0.25) is 0 Å². The fourth-order valence-corrected chi connectivity index (χ4v) is 6.06. The average Bonchev–Trinajstić information content (AvgIpc) is 3.05. The van der Waals surface area contributed by atoms with E-state index in [-0.39, 0.29) is 22.7 Å². The van der Waals surface area contributed by atoms with E-state index in [1.54, 1.807) is 15.9 Å². The molecule has 0 fully saturated rings. The number of ketones is 1. The number of hydrogen-bond donors (Lipinski definition) is 0. The highest BCUT2D eigenvalue weighted by Gasteiger charge is 2.24. The number of benzene rings is 1. The molecule has 29 heavy (non-hydrogen) atoms. The van der Waals surface area contributed by atoms with Crippen molar-refractivity contribution in [3.05, 3.63) is 56.2 Å². The Kier molecular flexibility index (Phi) is 5.57. The van der Waals surface area contributed by atoms with Crippen molar-refractivity contribution in [2.45, 2.75) is 44.8 Å². The minimum absolute atomic E-state index is 0.00879. The number of thioether (sulfide) groups is 1. The third kappa shape index (κ3) is 3.75. The normalized spacial score (nSPS) is 16.2. The van der Waals surface area contributed by atoms with E-state index >= 15 is 0 Å². The number of Topliss-reactive ketones (excluding diaryl/α,β-unsaturated/α-hetero) is 1. The van der Waals surface area contributed by atoms with E-state index in [4.69, 9.17) is 4.98 Å². The van der Waals surface area contributed by atoms with Crippen molar-refractivity contribution in [3.63, 3.8) is 0 Å². The SMILES string of the molecule is CCn1c(SCC(=O)c2ccc(F)c(F)c2)nc2sc3c(c2c1=O)CCC(C)C3. The van der Waals surface area contributed by atoms with Crippen LogP contribution in [0.15, 0.2) is 28.2 Å². The smallest absolute Gasteiger partial charge is 0.263 e. The molecule has 152 valence electrons. The van der Waals surface area contributed by atoms with Crippen LogP contribution in [-0.4, -0.2) is 21.1 Å². The number of aryl methyl sites for hydroxylation is 1. The molecule has 3 aromatic rings. The Bertz CT molecular complexity index is 1170. The number of carbonyl (C=O) groups excluding carboxylic acids is 1. The lowest BCUT2D eigenvalue weighted by molar-refractivity contribution is 0.102. The van der Waals surface area contributed by atoms with Crippen LogP contribution in [0.25, 0.3) is 10.2 Å². The largest absolute Gasteiger partial charge is 0.293 e. The molecule has 4 nitrogen and oxygen atoms in total. The van der Waals surface area contributed by atoms with Crippen molar-refractivity contribution in [1.82, 2.24) is 9.55 Å². The van der Waals surface area contributed by atoms with Crippen molar-refractivity contribution >= 4 is 39.1 Å². The standard InChI is InChI=1S/C21H20F2N2O2S2/c1-3-25-20(27)18-13-6-4-11(2)8-17(13)29-19(18)24-21(25)28-10-16(26)12-5-7-14(22)15(23)9-12/h5,7,9,11H,3-4,6,8,10H2,1-2H3. The van der Waals surface area contributed by atoms with E-state index in [1.807, 2.05) is 6.92 Å². The third-order valence-corrected chi connectivity index (χ3v) is 7.40. The summed E-state index contributed by atoms with van der Waals surface area (Å²) in [5.41, 5.74) is 1.17. The summed E-state index contributed by atoms with van der Waals surface area (Å²) in [6, 6.07) is 3.10. The monoisotopic (exact) mass is 434 g/mol. The highest BCUT2D eigenvalue weighted by Crippen LogP contribution is 2.36. The van der Waals surface area contributed by atoms with Gasteiger partial charge >= 0.3 is 0 Å². The first-order chi connectivity index (χ1) is 13.9. The molecule has 1 atom stereocenters. The average molecular weight is 435 g/mol. The first-order valence-electron chi connectivity index (χ1n) is 9.55. The van der Waals surface area contributed by atoms with Crippen LogP contribution < -0.4 is 5.56 Å². The second-order valence-corrected chi connectivity index (χ2v) is 9.34. The number of nitrogens with zero attached hydrogens (tertiary/aromatic N) is 2. The highest BCUT2D eigenvalue weighted by molar-refractivity contribution is 7.99. The van der Waals surface area contributed by atoms with Gasteiger partial charge in [0.05, 0.1) is 11.1 Å². The van der Waals surface area contributed by atoms with Gasteiger partial charge in [-0.2, -0.15) is 0 Å². The summed E-state index contributed by atoms with van der Waals surface area (Å²) in [4.78, 5) is 32.2. The molecule has 0 radical (unpaired) electrons. The van der Waals surface area contributed by atoms with Crippen LogP contribution in [0.3, 0.4) is 0 Å². The maximum atomic E-state index is 13.4. The van der Waals surface area contributed by atoms with Crippen molar-refractivity contribution in [3.8, 4) is 0 Å². The number of carbonyl (C=O) groups is 1. The van der Waals surface area contributed by atoms with Gasteiger partial charge in [0.25, 0.3) is 5.56 Å². The van der Waals surface area contributed by atoms with E-state index in [0.29, 0.717) is 17.6 Å². The van der Waals surface area contributed by atoms with Gasteiger partial charge in [0.15, 0.2) is 22.6 Å². The first kappa shape index (κ1) is 20.2. The van der Waals surface area contributed by atoms with Gasteiger partial charge in [-0.05, 0) is 55.9 Å². The molecule has 4 rings (SSSR count). The summed E-state index contributed by atoms with van der Waals surface area (Å²) >= 11 is 2.72. The van der Waals surface area contributed by atoms with E-state index in [9.17, 15) is 18.4 Å². The number of rotatable bonds is 5. The Morgan fingerprint density at radius 3 is 2.86 bits per heavy atom. The quantitative estimate of drug-likeness (QED) is 0.327. The molecule has 8 heteroatoms. The van der Waals surface area contributed by atoms with Crippen LogP contribution in [0, 0.1) is 17.6 Å². The van der Waals surface area contributed by atoms with E-state index in [1.165, 1.54) is 10.9 Å². The molecule has 0 bridgehead atoms. The zero-order valence-electron chi connectivity index (χ0n) is 16.1. The summed E-state index contributed by atoms with van der Waals surface area (Å²) in [6.07, 6.45) is 2.95. The third-order valence-electron chi connectivity index (χ3n) is 5.27. The van der Waals surface area contributed by atoms with Gasteiger partial charge in [-0.25, -0.2) is 13.8 Å². The van der Waals surface area contributed by atoms with Gasteiger partial charge in [-0.3, -0.25) is 14.2 Å². The van der Waals surface area contributed by atoms with Gasteiger partial charge in [-0.1, -0.05) is 18.7 Å². The van der Waals surface area contributed by atoms with Crippen molar-refractivity contribution < 1.29 is 13.6 Å². The molecule has 1 aliphatic rings. The predicted molar refractivity (Wildman–Crippen MR) is 112 cm³/mol. The van der Waals surface area contributed by atoms with Crippen molar-refractivity contribution in [2.75, 3.05) is 5.75 Å². The minimum Gasteiger partial charge on any atom is -0.293 e. The van der Waals surface area contributed by atoms with Gasteiger partial charge in [0.1, 0.15) is 4.83 Å². The predicted octanol–water partition coefficient (Wildman–Crippen LogP) is 4.86. The van der Waals surface area contributed by atoms with Gasteiger partial charge in [0, 0.05) is 17.0 Å². The molecule has 1 aromatic carbocycles. The Hall–Kier alpha value is -2.06. The van der Waals surface area contributed by atoms with E-state index in [0.717, 1.165) is 58.9 Å². The van der Waals surface area contributed by atoms with Crippen LogP contribution in [0.5, 0.6) is 0 Å². The molecule has 0 saturated carbocycles. The Balaban J connectivity index is 1.66. The fraction of sp³-hybridized carbons (Fsp3) is 0.381. The second kappa shape index (κ2) is 7.99. The first-order valence-corrected chi connectivity index (χ1v) is 11.3. The number of halogens is 2. The zero-order valence-corrected chi connectivity index (χ0v) is 17.8. The van der Waals surface area contributed by atoms with E-state index < -0.39 is 11.6 Å². The summed E-state index contributed by atoms with van der Waals surface area (Å²) < 4.78 is 28.1. The lowest BCUT2D eigenvalue weighted by Crippen LogP contribution is -2.23. The van der Waals surface area contributed by atoms with Crippen LogP contribution in [0.4, 0.5) is 8.78 Å². The number of hydrogen-bond acceptors (Lipinski definition) is 5. The molecular weight excluding hydrogens is 414 g/mol. The van der Waals surface area contributed by atoms with Crippen LogP contribution in [0.2, 0.25) is 0 Å². The van der Waals surface area contributed by atoms with Crippen LogP contribution >= 0.6 is 23.1 Å². The Morgan fingerprint density at radius 2 is 2.14 bits per heavy atom. The van der Waals surface area contributed by atoms with Gasteiger partial charge < -0.3 is 0 Å². The molecule has 0 spiro atoms. The molecule has 2 aromatic heterocycles. The van der Waals surface area contributed by atoms with Gasteiger partial charge in [-0.15, -0.1) is 11.3 Å². The number of thiophene rings is 1.